The second-order valence-electron chi connectivity index (χ2n) is 9.67. The van der Waals surface area contributed by atoms with Crippen molar-refractivity contribution in [3.63, 3.8) is 0 Å². The third-order valence-corrected chi connectivity index (χ3v) is 8.61. The van der Waals surface area contributed by atoms with Gasteiger partial charge in [-0.25, -0.2) is 0 Å². The Hall–Kier alpha value is -0.520. The lowest BCUT2D eigenvalue weighted by atomic mass is 9.45. The van der Waals surface area contributed by atoms with Crippen molar-refractivity contribution < 1.29 is 0 Å². The number of rotatable bonds is 0. The fourth-order valence-electron chi connectivity index (χ4n) is 7.23. The van der Waals surface area contributed by atoms with Crippen molar-refractivity contribution in [3.05, 3.63) is 23.8 Å². The Labute approximate surface area is 137 Å². The smallest absolute Gasteiger partial charge is 0.00824 e. The Bertz CT molecular complexity index is 526. The van der Waals surface area contributed by atoms with Crippen LogP contribution in [0.25, 0.3) is 0 Å². The van der Waals surface area contributed by atoms with E-state index in [0.29, 0.717) is 10.8 Å². The van der Waals surface area contributed by atoms with Crippen LogP contribution in [0.3, 0.4) is 0 Å². The molecule has 0 aromatic heterocycles. The summed E-state index contributed by atoms with van der Waals surface area (Å²) >= 11 is 0. The highest BCUT2D eigenvalue weighted by atomic mass is 14.6. The van der Waals surface area contributed by atoms with Crippen molar-refractivity contribution in [2.45, 2.75) is 72.6 Å². The fraction of sp³-hybridized carbons (Fsp3) is 0.818. The van der Waals surface area contributed by atoms with Crippen LogP contribution < -0.4 is 0 Å². The highest BCUT2D eigenvalue weighted by Gasteiger charge is 2.58. The van der Waals surface area contributed by atoms with Crippen molar-refractivity contribution in [2.24, 2.45) is 40.4 Å². The monoisotopic (exact) mass is 298 g/mol. The van der Waals surface area contributed by atoms with Gasteiger partial charge in [-0.05, 0) is 85.4 Å². The van der Waals surface area contributed by atoms with E-state index in [1.165, 1.54) is 44.9 Å². The zero-order chi connectivity index (χ0) is 15.7. The molecule has 0 radical (unpaired) electrons. The maximum atomic E-state index is 4.46. The summed E-state index contributed by atoms with van der Waals surface area (Å²) in [4.78, 5) is 0. The molecular weight excluding hydrogens is 264 g/mol. The van der Waals surface area contributed by atoms with Gasteiger partial charge in [-0.3, -0.25) is 0 Å². The van der Waals surface area contributed by atoms with Gasteiger partial charge in [0.25, 0.3) is 0 Å². The Morgan fingerprint density at radius 2 is 1.68 bits per heavy atom. The van der Waals surface area contributed by atoms with Crippen molar-refractivity contribution in [1.82, 2.24) is 0 Å². The predicted octanol–water partition coefficient (Wildman–Crippen LogP) is 6.39. The number of fused-ring (bicyclic) bond motifs is 5. The van der Waals surface area contributed by atoms with Crippen LogP contribution in [0, 0.1) is 40.4 Å². The molecule has 0 aromatic carbocycles. The molecule has 7 atom stereocenters. The minimum absolute atomic E-state index is 0.473. The summed E-state index contributed by atoms with van der Waals surface area (Å²) in [6, 6.07) is 0. The zero-order valence-corrected chi connectivity index (χ0v) is 15.1. The predicted molar refractivity (Wildman–Crippen MR) is 94.6 cm³/mol. The molecule has 3 saturated carbocycles. The van der Waals surface area contributed by atoms with Gasteiger partial charge in [-0.15, -0.1) is 0 Å². The molecule has 0 saturated heterocycles. The van der Waals surface area contributed by atoms with E-state index in [1.54, 1.807) is 5.57 Å². The molecule has 0 aliphatic heterocycles. The van der Waals surface area contributed by atoms with E-state index in [0.717, 1.165) is 29.6 Å². The van der Waals surface area contributed by atoms with Gasteiger partial charge in [0.05, 0.1) is 0 Å². The summed E-state index contributed by atoms with van der Waals surface area (Å²) in [5, 5.41) is 0. The van der Waals surface area contributed by atoms with Gasteiger partial charge < -0.3 is 0 Å². The van der Waals surface area contributed by atoms with E-state index in [2.05, 4.69) is 40.3 Å². The molecule has 22 heavy (non-hydrogen) atoms. The minimum Gasteiger partial charge on any atom is -0.0993 e. The molecule has 0 nitrogen and oxygen atoms in total. The number of hydrogen-bond acceptors (Lipinski definition) is 0. The first kappa shape index (κ1) is 15.0. The molecule has 0 heteroatoms. The lowest BCUT2D eigenvalue weighted by Crippen LogP contribution is -2.51. The normalized spacial score (nSPS) is 54.3. The van der Waals surface area contributed by atoms with Crippen LogP contribution in [0.4, 0.5) is 0 Å². The van der Waals surface area contributed by atoms with Crippen LogP contribution >= 0.6 is 0 Å². The molecule has 0 N–H and O–H groups in total. The van der Waals surface area contributed by atoms with Crippen molar-refractivity contribution in [3.8, 4) is 0 Å². The molecule has 0 spiro atoms. The molecule has 0 heterocycles. The van der Waals surface area contributed by atoms with E-state index >= 15 is 0 Å². The summed E-state index contributed by atoms with van der Waals surface area (Å²) in [6.45, 7) is 14.6. The van der Waals surface area contributed by atoms with Crippen LogP contribution in [0.2, 0.25) is 0 Å². The molecular formula is C22H34. The second kappa shape index (κ2) is 4.74. The van der Waals surface area contributed by atoms with Crippen molar-refractivity contribution >= 4 is 0 Å². The lowest BCUT2D eigenvalue weighted by Gasteiger charge is -2.59. The SMILES string of the molecule is C=C1CCC2C3CC(C)C4=CC(C)CCC4(C)C3CCC12C. The van der Waals surface area contributed by atoms with Crippen LogP contribution in [-0.2, 0) is 0 Å². The third-order valence-electron chi connectivity index (χ3n) is 8.61. The van der Waals surface area contributed by atoms with E-state index in [-0.39, 0.29) is 0 Å². The second-order valence-corrected chi connectivity index (χ2v) is 9.67. The van der Waals surface area contributed by atoms with Gasteiger partial charge in [-0.1, -0.05) is 51.5 Å². The van der Waals surface area contributed by atoms with Crippen LogP contribution in [-0.4, -0.2) is 0 Å². The fourth-order valence-corrected chi connectivity index (χ4v) is 7.23. The number of hydrogen-bond donors (Lipinski definition) is 0. The van der Waals surface area contributed by atoms with E-state index in [9.17, 15) is 0 Å². The van der Waals surface area contributed by atoms with Gasteiger partial charge in [0.15, 0.2) is 0 Å². The minimum atomic E-state index is 0.473. The summed E-state index contributed by atoms with van der Waals surface area (Å²) < 4.78 is 0. The molecule has 0 amide bonds. The summed E-state index contributed by atoms with van der Waals surface area (Å²) in [5.41, 5.74) is 4.40. The van der Waals surface area contributed by atoms with Gasteiger partial charge in [0.2, 0.25) is 0 Å². The van der Waals surface area contributed by atoms with E-state index in [4.69, 9.17) is 0 Å². The Morgan fingerprint density at radius 1 is 1.00 bits per heavy atom. The van der Waals surface area contributed by atoms with E-state index in [1.807, 2.05) is 5.57 Å². The third kappa shape index (κ3) is 1.82. The molecule has 3 fully saturated rings. The van der Waals surface area contributed by atoms with Crippen LogP contribution in [0.1, 0.15) is 72.6 Å². The Morgan fingerprint density at radius 3 is 2.45 bits per heavy atom. The topological polar surface area (TPSA) is 0 Å². The first-order valence-electron chi connectivity index (χ1n) is 9.76. The summed E-state index contributed by atoms with van der Waals surface area (Å²) in [6.07, 6.45) is 12.6. The van der Waals surface area contributed by atoms with Crippen LogP contribution in [0.5, 0.6) is 0 Å². The zero-order valence-electron chi connectivity index (χ0n) is 15.1. The average molecular weight is 299 g/mol. The lowest BCUT2D eigenvalue weighted by molar-refractivity contribution is -0.0398. The summed E-state index contributed by atoms with van der Waals surface area (Å²) in [7, 11) is 0. The Balaban J connectivity index is 1.73. The molecule has 4 rings (SSSR count). The molecule has 4 aliphatic carbocycles. The highest BCUT2D eigenvalue weighted by Crippen LogP contribution is 2.67. The van der Waals surface area contributed by atoms with Crippen LogP contribution in [0.15, 0.2) is 23.8 Å². The van der Waals surface area contributed by atoms with Gasteiger partial charge >= 0.3 is 0 Å². The average Bonchev–Trinajstić information content (AvgIpc) is 2.77. The Kier molecular flexibility index (Phi) is 3.24. The van der Waals surface area contributed by atoms with Crippen molar-refractivity contribution in [2.75, 3.05) is 0 Å². The quantitative estimate of drug-likeness (QED) is 0.455. The standard InChI is InChI=1S/C22H34/c1-14-8-10-22(5)19-9-11-21(4)16(3)6-7-18(21)17(19)13-15(2)20(22)12-14/h12,14-15,17-19H,3,6-11,13H2,1-2,4-5H3. The molecule has 0 aromatic rings. The summed E-state index contributed by atoms with van der Waals surface area (Å²) in [5.74, 6) is 4.46. The first-order valence-corrected chi connectivity index (χ1v) is 9.76. The number of allylic oxidation sites excluding steroid dienone is 3. The first-order chi connectivity index (χ1) is 10.4. The molecule has 4 aliphatic rings. The molecule has 0 bridgehead atoms. The van der Waals surface area contributed by atoms with Crippen molar-refractivity contribution in [1.29, 1.82) is 0 Å². The van der Waals surface area contributed by atoms with E-state index < -0.39 is 0 Å². The maximum Gasteiger partial charge on any atom is -0.00824 e. The van der Waals surface area contributed by atoms with Gasteiger partial charge in [0.1, 0.15) is 0 Å². The highest BCUT2D eigenvalue weighted by molar-refractivity contribution is 5.29. The largest absolute Gasteiger partial charge is 0.0993 e. The molecule has 7 unspecified atom stereocenters. The van der Waals surface area contributed by atoms with Gasteiger partial charge in [-0.2, -0.15) is 0 Å². The van der Waals surface area contributed by atoms with Gasteiger partial charge in [0, 0.05) is 0 Å². The molecule has 122 valence electrons. The maximum absolute atomic E-state index is 4.46.